The van der Waals surface area contributed by atoms with Crippen LogP contribution in [0.5, 0.6) is 0 Å². The molecule has 1 heterocycles. The van der Waals surface area contributed by atoms with Crippen LogP contribution < -0.4 is 11.1 Å². The number of piperidine rings is 1. The van der Waals surface area contributed by atoms with E-state index in [1.807, 2.05) is 18.7 Å². The van der Waals surface area contributed by atoms with Crippen molar-refractivity contribution in [2.24, 2.45) is 5.73 Å². The fraction of sp³-hybridized carbons (Fsp3) is 0.867. The Morgan fingerprint density at radius 1 is 1.29 bits per heavy atom. The average Bonchev–Trinajstić information content (AvgIpc) is 2.44. The highest BCUT2D eigenvalue weighted by atomic mass is 16.5. The highest BCUT2D eigenvalue weighted by molar-refractivity contribution is 5.83. The number of ether oxygens (including phenoxy) is 1. The first-order chi connectivity index (χ1) is 9.99. The quantitative estimate of drug-likeness (QED) is 0.644. The van der Waals surface area contributed by atoms with Crippen molar-refractivity contribution in [3.05, 3.63) is 0 Å². The molecule has 1 saturated heterocycles. The number of nitrogens with one attached hydrogen (secondary N) is 1. The predicted molar refractivity (Wildman–Crippen MR) is 81.7 cm³/mol. The summed E-state index contributed by atoms with van der Waals surface area (Å²) in [7, 11) is 0. The molecule has 3 N–H and O–H groups in total. The number of rotatable bonds is 8. The van der Waals surface area contributed by atoms with E-state index in [9.17, 15) is 9.59 Å². The molecule has 0 aromatic heterocycles. The van der Waals surface area contributed by atoms with Gasteiger partial charge >= 0.3 is 0 Å². The zero-order valence-corrected chi connectivity index (χ0v) is 13.3. The number of nitrogens with zero attached hydrogens (tertiary/aromatic N) is 1. The van der Waals surface area contributed by atoms with Crippen LogP contribution in [0.15, 0.2) is 0 Å². The second kappa shape index (κ2) is 9.73. The van der Waals surface area contributed by atoms with Crippen LogP contribution in [-0.4, -0.2) is 55.1 Å². The van der Waals surface area contributed by atoms with Crippen LogP contribution >= 0.6 is 0 Å². The van der Waals surface area contributed by atoms with E-state index in [4.69, 9.17) is 10.5 Å². The van der Waals surface area contributed by atoms with E-state index in [-0.39, 0.29) is 36.8 Å². The molecule has 0 aromatic rings. The van der Waals surface area contributed by atoms with Crippen LogP contribution in [0.1, 0.15) is 46.0 Å². The van der Waals surface area contributed by atoms with Gasteiger partial charge in [-0.05, 0) is 33.1 Å². The maximum atomic E-state index is 11.9. The Labute approximate surface area is 127 Å². The average molecular weight is 299 g/mol. The summed E-state index contributed by atoms with van der Waals surface area (Å²) in [6, 6.07) is 0.213. The molecule has 2 amide bonds. The molecule has 1 rings (SSSR count). The van der Waals surface area contributed by atoms with Gasteiger partial charge in [-0.1, -0.05) is 0 Å². The van der Waals surface area contributed by atoms with E-state index < -0.39 is 0 Å². The summed E-state index contributed by atoms with van der Waals surface area (Å²) in [5.74, 6) is -0.0122. The number of carbonyl (C=O) groups is 2. The smallest absolute Gasteiger partial charge is 0.223 e. The van der Waals surface area contributed by atoms with Gasteiger partial charge < -0.3 is 20.7 Å². The molecular formula is C15H29N3O3. The number of carbonyl (C=O) groups excluding carboxylic acids is 2. The Kier molecular flexibility index (Phi) is 8.30. The normalized spacial score (nSPS) is 16.3. The maximum absolute atomic E-state index is 11.9. The monoisotopic (exact) mass is 299 g/mol. The lowest BCUT2D eigenvalue weighted by Gasteiger charge is -2.30. The van der Waals surface area contributed by atoms with E-state index in [1.165, 1.54) is 0 Å². The van der Waals surface area contributed by atoms with Gasteiger partial charge in [-0.25, -0.2) is 0 Å². The van der Waals surface area contributed by atoms with Crippen LogP contribution in [0.4, 0.5) is 0 Å². The Morgan fingerprint density at radius 2 is 1.95 bits per heavy atom. The van der Waals surface area contributed by atoms with Crippen LogP contribution in [0.3, 0.4) is 0 Å². The third kappa shape index (κ3) is 8.02. The van der Waals surface area contributed by atoms with Gasteiger partial charge in [0.2, 0.25) is 11.8 Å². The summed E-state index contributed by atoms with van der Waals surface area (Å²) < 4.78 is 5.39. The molecule has 1 fully saturated rings. The first-order valence-corrected chi connectivity index (χ1v) is 7.90. The molecule has 122 valence electrons. The molecule has 0 spiro atoms. The standard InChI is InChI=1S/C15H29N3O3/c1-12(2)21-11-3-8-17-14(19)4-5-15(20)18-9-6-13(16)7-10-18/h12-13H,3-11,16H2,1-2H3,(H,17,19). The second-order valence-corrected chi connectivity index (χ2v) is 5.84. The zero-order chi connectivity index (χ0) is 15.7. The maximum Gasteiger partial charge on any atom is 0.223 e. The summed E-state index contributed by atoms with van der Waals surface area (Å²) in [6.45, 7) is 6.64. The van der Waals surface area contributed by atoms with E-state index in [2.05, 4.69) is 5.32 Å². The van der Waals surface area contributed by atoms with Crippen molar-refractivity contribution in [2.75, 3.05) is 26.2 Å². The van der Waals surface area contributed by atoms with Gasteiger partial charge in [0.25, 0.3) is 0 Å². The summed E-state index contributed by atoms with van der Waals surface area (Å²) >= 11 is 0. The van der Waals surface area contributed by atoms with Gasteiger partial charge in [-0.3, -0.25) is 9.59 Å². The lowest BCUT2D eigenvalue weighted by Crippen LogP contribution is -2.43. The molecule has 6 heteroatoms. The van der Waals surface area contributed by atoms with Gasteiger partial charge in [0.1, 0.15) is 0 Å². The SMILES string of the molecule is CC(C)OCCCNC(=O)CCC(=O)N1CCC(N)CC1. The van der Waals surface area contributed by atoms with Crippen molar-refractivity contribution in [3.63, 3.8) is 0 Å². The van der Waals surface area contributed by atoms with Gasteiger partial charge in [-0.15, -0.1) is 0 Å². The fourth-order valence-corrected chi connectivity index (χ4v) is 2.23. The zero-order valence-electron chi connectivity index (χ0n) is 13.3. The fourth-order valence-electron chi connectivity index (χ4n) is 2.23. The molecule has 1 aliphatic rings. The largest absolute Gasteiger partial charge is 0.379 e. The van der Waals surface area contributed by atoms with Gasteiger partial charge in [0.05, 0.1) is 6.10 Å². The highest BCUT2D eigenvalue weighted by Crippen LogP contribution is 2.10. The van der Waals surface area contributed by atoms with Crippen molar-refractivity contribution in [1.29, 1.82) is 0 Å². The summed E-state index contributed by atoms with van der Waals surface area (Å²) in [5.41, 5.74) is 5.81. The number of hydrogen-bond donors (Lipinski definition) is 2. The van der Waals surface area contributed by atoms with Crippen molar-refractivity contribution in [1.82, 2.24) is 10.2 Å². The molecular weight excluding hydrogens is 270 g/mol. The van der Waals surface area contributed by atoms with Crippen LogP contribution in [0, 0.1) is 0 Å². The minimum absolute atomic E-state index is 0.0557. The van der Waals surface area contributed by atoms with Crippen molar-refractivity contribution < 1.29 is 14.3 Å². The highest BCUT2D eigenvalue weighted by Gasteiger charge is 2.20. The topological polar surface area (TPSA) is 84.7 Å². The van der Waals surface area contributed by atoms with Crippen LogP contribution in [0.25, 0.3) is 0 Å². The molecule has 1 aliphatic heterocycles. The Hall–Kier alpha value is -1.14. The van der Waals surface area contributed by atoms with E-state index in [1.54, 1.807) is 0 Å². The molecule has 0 aliphatic carbocycles. The summed E-state index contributed by atoms with van der Waals surface area (Å²) in [4.78, 5) is 25.4. The van der Waals surface area contributed by atoms with Crippen LogP contribution in [-0.2, 0) is 14.3 Å². The number of nitrogens with two attached hydrogens (primary N) is 1. The van der Waals surface area contributed by atoms with E-state index >= 15 is 0 Å². The lowest BCUT2D eigenvalue weighted by molar-refractivity contribution is -0.134. The van der Waals surface area contributed by atoms with Gasteiger partial charge in [0, 0.05) is 45.1 Å². The molecule has 0 radical (unpaired) electrons. The minimum Gasteiger partial charge on any atom is -0.379 e. The first-order valence-electron chi connectivity index (χ1n) is 7.90. The van der Waals surface area contributed by atoms with Crippen molar-refractivity contribution in [2.45, 2.75) is 58.1 Å². The van der Waals surface area contributed by atoms with Crippen LogP contribution in [0.2, 0.25) is 0 Å². The second-order valence-electron chi connectivity index (χ2n) is 5.84. The summed E-state index contributed by atoms with van der Waals surface area (Å²) in [6.07, 6.45) is 3.26. The third-order valence-corrected chi connectivity index (χ3v) is 3.55. The summed E-state index contributed by atoms with van der Waals surface area (Å²) in [5, 5.41) is 2.81. The predicted octanol–water partition coefficient (Wildman–Crippen LogP) is 0.648. The van der Waals surface area contributed by atoms with E-state index in [0.29, 0.717) is 26.2 Å². The van der Waals surface area contributed by atoms with Gasteiger partial charge in [-0.2, -0.15) is 0 Å². The van der Waals surface area contributed by atoms with E-state index in [0.717, 1.165) is 19.3 Å². The lowest BCUT2D eigenvalue weighted by atomic mass is 10.1. The minimum atomic E-state index is -0.0680. The molecule has 0 unspecified atom stereocenters. The molecule has 0 bridgehead atoms. The Morgan fingerprint density at radius 3 is 2.57 bits per heavy atom. The Balaban J connectivity index is 2.05. The van der Waals surface area contributed by atoms with Crippen molar-refractivity contribution in [3.8, 4) is 0 Å². The number of hydrogen-bond acceptors (Lipinski definition) is 4. The van der Waals surface area contributed by atoms with Crippen molar-refractivity contribution >= 4 is 11.8 Å². The molecule has 6 nitrogen and oxygen atoms in total. The molecule has 0 atom stereocenters. The number of amides is 2. The first kappa shape index (κ1) is 17.9. The molecule has 21 heavy (non-hydrogen) atoms. The molecule has 0 aromatic carbocycles. The molecule has 0 saturated carbocycles. The van der Waals surface area contributed by atoms with Gasteiger partial charge in [0.15, 0.2) is 0 Å². The Bertz CT molecular complexity index is 326. The number of likely N-dealkylation sites (tertiary alicyclic amines) is 1. The third-order valence-electron chi connectivity index (χ3n) is 3.55.